The molecule has 0 saturated carbocycles. The zero-order valence-corrected chi connectivity index (χ0v) is 10.3. The molecule has 0 saturated heterocycles. The summed E-state index contributed by atoms with van der Waals surface area (Å²) in [6.07, 6.45) is 0.936. The number of halogens is 2. The smallest absolute Gasteiger partial charge is 0.129 e. The molecule has 1 aromatic rings. The average molecular weight is 276 g/mol. The molecule has 0 aliphatic heterocycles. The molecule has 0 aliphatic carbocycles. The van der Waals surface area contributed by atoms with Crippen molar-refractivity contribution < 1.29 is 9.13 Å². The lowest BCUT2D eigenvalue weighted by atomic mass is 10.1. The van der Waals surface area contributed by atoms with Crippen LogP contribution in [0.2, 0.25) is 0 Å². The van der Waals surface area contributed by atoms with E-state index in [1.807, 2.05) is 6.92 Å². The van der Waals surface area contributed by atoms with Crippen LogP contribution in [0.15, 0.2) is 22.7 Å². The average Bonchev–Trinajstić information content (AvgIpc) is 2.18. The Kier molecular flexibility index (Phi) is 5.22. The summed E-state index contributed by atoms with van der Waals surface area (Å²) in [6.45, 7) is 3.01. The van der Waals surface area contributed by atoms with Gasteiger partial charge in [0.15, 0.2) is 0 Å². The molecule has 1 unspecified atom stereocenters. The van der Waals surface area contributed by atoms with E-state index in [0.717, 1.165) is 6.42 Å². The van der Waals surface area contributed by atoms with E-state index in [1.165, 1.54) is 6.07 Å². The van der Waals surface area contributed by atoms with Gasteiger partial charge in [-0.3, -0.25) is 0 Å². The number of rotatable bonds is 5. The molecule has 0 bridgehead atoms. The monoisotopic (exact) mass is 275 g/mol. The van der Waals surface area contributed by atoms with Gasteiger partial charge < -0.3 is 10.5 Å². The lowest BCUT2D eigenvalue weighted by molar-refractivity contribution is 0.120. The summed E-state index contributed by atoms with van der Waals surface area (Å²) >= 11 is 3.28. The predicted octanol–water partition coefficient (Wildman–Crippen LogP) is 3.01. The van der Waals surface area contributed by atoms with Crippen LogP contribution in [-0.2, 0) is 4.74 Å². The highest BCUT2D eigenvalue weighted by Gasteiger charge is 2.14. The van der Waals surface area contributed by atoms with Crippen LogP contribution in [0.25, 0.3) is 0 Å². The van der Waals surface area contributed by atoms with Gasteiger partial charge >= 0.3 is 0 Å². The Morgan fingerprint density at radius 1 is 1.53 bits per heavy atom. The predicted molar refractivity (Wildman–Crippen MR) is 62.1 cm³/mol. The van der Waals surface area contributed by atoms with E-state index >= 15 is 0 Å². The summed E-state index contributed by atoms with van der Waals surface area (Å²) in [5.74, 6) is -0.294. The van der Waals surface area contributed by atoms with E-state index in [2.05, 4.69) is 15.9 Å². The fourth-order valence-electron chi connectivity index (χ4n) is 1.30. The van der Waals surface area contributed by atoms with Crippen molar-refractivity contribution in [3.05, 3.63) is 34.1 Å². The van der Waals surface area contributed by atoms with Crippen LogP contribution in [0.5, 0.6) is 0 Å². The second-order valence-electron chi connectivity index (χ2n) is 3.32. The number of hydrogen-bond acceptors (Lipinski definition) is 2. The van der Waals surface area contributed by atoms with Crippen molar-refractivity contribution in [2.24, 2.45) is 5.73 Å². The van der Waals surface area contributed by atoms with Gasteiger partial charge in [0.05, 0.1) is 12.6 Å². The summed E-state index contributed by atoms with van der Waals surface area (Å²) in [4.78, 5) is 0. The molecule has 0 amide bonds. The molecule has 0 fully saturated rings. The summed E-state index contributed by atoms with van der Waals surface area (Å²) in [5.41, 5.74) is 6.32. The van der Waals surface area contributed by atoms with E-state index in [9.17, 15) is 4.39 Å². The third-order valence-corrected chi connectivity index (χ3v) is 2.71. The number of hydrogen-bond donors (Lipinski definition) is 1. The zero-order chi connectivity index (χ0) is 11.3. The maximum absolute atomic E-state index is 13.4. The van der Waals surface area contributed by atoms with Crippen molar-refractivity contribution in [2.45, 2.75) is 19.4 Å². The van der Waals surface area contributed by atoms with Gasteiger partial charge in [0.1, 0.15) is 5.82 Å². The van der Waals surface area contributed by atoms with Gasteiger partial charge in [-0.1, -0.05) is 28.9 Å². The first-order valence-electron chi connectivity index (χ1n) is 4.94. The van der Waals surface area contributed by atoms with Gasteiger partial charge in [-0.05, 0) is 18.6 Å². The Morgan fingerprint density at radius 2 is 2.27 bits per heavy atom. The molecule has 15 heavy (non-hydrogen) atoms. The maximum Gasteiger partial charge on any atom is 0.129 e. The fraction of sp³-hybridized carbons (Fsp3) is 0.455. The second-order valence-corrected chi connectivity index (χ2v) is 4.17. The van der Waals surface area contributed by atoms with E-state index in [-0.39, 0.29) is 5.82 Å². The Bertz CT molecular complexity index is 299. The first-order valence-corrected chi connectivity index (χ1v) is 5.73. The van der Waals surface area contributed by atoms with Gasteiger partial charge in [-0.2, -0.15) is 0 Å². The first kappa shape index (κ1) is 12.6. The molecule has 2 N–H and O–H groups in total. The minimum absolute atomic E-state index is 0.294. The van der Waals surface area contributed by atoms with Crippen LogP contribution >= 0.6 is 15.9 Å². The molecule has 0 aromatic heterocycles. The molecule has 4 heteroatoms. The number of ether oxygens (including phenoxy) is 1. The molecule has 84 valence electrons. The van der Waals surface area contributed by atoms with Crippen molar-refractivity contribution in [1.29, 1.82) is 0 Å². The third kappa shape index (κ3) is 3.55. The van der Waals surface area contributed by atoms with Crippen LogP contribution in [0.4, 0.5) is 4.39 Å². The summed E-state index contributed by atoms with van der Waals surface area (Å²) < 4.78 is 19.4. The first-order chi connectivity index (χ1) is 7.16. The Morgan fingerprint density at radius 3 is 2.87 bits per heavy atom. The minimum atomic E-state index is -0.424. The highest BCUT2D eigenvalue weighted by atomic mass is 79.9. The summed E-state index contributed by atoms with van der Waals surface area (Å²) in [7, 11) is 0. The third-order valence-electron chi connectivity index (χ3n) is 2.02. The molecule has 1 atom stereocenters. The summed E-state index contributed by atoms with van der Waals surface area (Å²) in [5, 5.41) is 0. The van der Waals surface area contributed by atoms with Crippen molar-refractivity contribution in [2.75, 3.05) is 13.2 Å². The van der Waals surface area contributed by atoms with E-state index in [4.69, 9.17) is 10.5 Å². The van der Waals surface area contributed by atoms with Gasteiger partial charge in [-0.15, -0.1) is 0 Å². The van der Waals surface area contributed by atoms with Crippen LogP contribution < -0.4 is 5.73 Å². The van der Waals surface area contributed by atoms with Crippen molar-refractivity contribution in [1.82, 2.24) is 0 Å². The van der Waals surface area contributed by atoms with Gasteiger partial charge in [-0.25, -0.2) is 4.39 Å². The number of nitrogens with two attached hydrogens (primary N) is 1. The van der Waals surface area contributed by atoms with Gasteiger partial charge in [0.2, 0.25) is 0 Å². The van der Waals surface area contributed by atoms with E-state index in [0.29, 0.717) is 23.2 Å². The molecule has 0 radical (unpaired) electrons. The molecular weight excluding hydrogens is 261 g/mol. The lowest BCUT2D eigenvalue weighted by Gasteiger charge is -2.14. The Labute approximate surface area is 97.7 Å². The van der Waals surface area contributed by atoms with Gasteiger partial charge in [0, 0.05) is 16.6 Å². The molecule has 2 nitrogen and oxygen atoms in total. The SMILES string of the molecule is CCCOCC(N)c1c(F)cccc1Br. The second kappa shape index (κ2) is 6.20. The fourth-order valence-corrected chi connectivity index (χ4v) is 1.94. The largest absolute Gasteiger partial charge is 0.379 e. The highest BCUT2D eigenvalue weighted by molar-refractivity contribution is 9.10. The minimum Gasteiger partial charge on any atom is -0.379 e. The van der Waals surface area contributed by atoms with Crippen LogP contribution in [0.1, 0.15) is 24.9 Å². The molecular formula is C11H15BrFNO. The van der Waals surface area contributed by atoms with Crippen molar-refractivity contribution >= 4 is 15.9 Å². The van der Waals surface area contributed by atoms with Crippen LogP contribution in [-0.4, -0.2) is 13.2 Å². The summed E-state index contributed by atoms with van der Waals surface area (Å²) in [6, 6.07) is 4.40. The van der Waals surface area contributed by atoms with Crippen LogP contribution in [0, 0.1) is 5.82 Å². The van der Waals surface area contributed by atoms with E-state index < -0.39 is 6.04 Å². The zero-order valence-electron chi connectivity index (χ0n) is 8.67. The standard InChI is InChI=1S/C11H15BrFNO/c1-2-6-15-7-10(14)11-8(12)4-3-5-9(11)13/h3-5,10H,2,6-7,14H2,1H3. The molecule has 1 aromatic carbocycles. The molecule has 0 heterocycles. The molecule has 0 aliphatic rings. The number of benzene rings is 1. The van der Waals surface area contributed by atoms with Gasteiger partial charge in [0.25, 0.3) is 0 Å². The van der Waals surface area contributed by atoms with Crippen molar-refractivity contribution in [3.8, 4) is 0 Å². The van der Waals surface area contributed by atoms with Crippen LogP contribution in [0.3, 0.4) is 0 Å². The van der Waals surface area contributed by atoms with E-state index in [1.54, 1.807) is 12.1 Å². The molecule has 0 spiro atoms. The maximum atomic E-state index is 13.4. The lowest BCUT2D eigenvalue weighted by Crippen LogP contribution is -2.19. The molecule has 1 rings (SSSR count). The quantitative estimate of drug-likeness (QED) is 0.839. The highest BCUT2D eigenvalue weighted by Crippen LogP contribution is 2.24. The van der Waals surface area contributed by atoms with Crippen molar-refractivity contribution in [3.63, 3.8) is 0 Å². The topological polar surface area (TPSA) is 35.2 Å². The Balaban J connectivity index is 2.68. The normalized spacial score (nSPS) is 12.8. The Hall–Kier alpha value is -0.450.